The highest BCUT2D eigenvalue weighted by atomic mass is 16.5. The predicted octanol–water partition coefficient (Wildman–Crippen LogP) is 0.781. The molecule has 0 radical (unpaired) electrons. The first-order valence-electron chi connectivity index (χ1n) is 7.45. The summed E-state index contributed by atoms with van der Waals surface area (Å²) in [6.07, 6.45) is 3.15. The van der Waals surface area contributed by atoms with Crippen LogP contribution in [0.25, 0.3) is 0 Å². The molecule has 19 heavy (non-hydrogen) atoms. The molecule has 5 nitrogen and oxygen atoms in total. The van der Waals surface area contributed by atoms with E-state index in [0.29, 0.717) is 31.9 Å². The van der Waals surface area contributed by atoms with Crippen molar-refractivity contribution < 1.29 is 14.3 Å². The Morgan fingerprint density at radius 1 is 1.32 bits per heavy atom. The Hall–Kier alpha value is -0.650. The topological polar surface area (TPSA) is 50.8 Å². The molecule has 2 aliphatic heterocycles. The second kappa shape index (κ2) is 7.22. The summed E-state index contributed by atoms with van der Waals surface area (Å²) in [6, 6.07) is 1.09. The molecule has 3 atom stereocenters. The molecule has 0 aromatic carbocycles. The van der Waals surface area contributed by atoms with E-state index in [-0.39, 0.29) is 12.0 Å². The van der Waals surface area contributed by atoms with Crippen LogP contribution in [0.15, 0.2) is 0 Å². The van der Waals surface area contributed by atoms with Gasteiger partial charge in [0.05, 0.1) is 13.2 Å². The van der Waals surface area contributed by atoms with E-state index in [1.165, 1.54) is 12.8 Å². The highest BCUT2D eigenvalue weighted by Gasteiger charge is 2.32. The molecule has 2 aliphatic rings. The second-order valence-corrected chi connectivity index (χ2v) is 5.42. The van der Waals surface area contributed by atoms with Gasteiger partial charge in [0.2, 0.25) is 0 Å². The van der Waals surface area contributed by atoms with Gasteiger partial charge in [0.1, 0.15) is 6.10 Å². The Morgan fingerprint density at radius 2 is 2.11 bits per heavy atom. The maximum absolute atomic E-state index is 12.3. The molecule has 0 aromatic rings. The van der Waals surface area contributed by atoms with Crippen LogP contribution in [0.4, 0.5) is 0 Å². The fourth-order valence-corrected chi connectivity index (χ4v) is 2.90. The number of amides is 1. The number of fused-ring (bicyclic) bond motifs is 2. The lowest BCUT2D eigenvalue weighted by molar-refractivity contribution is -0.143. The Balaban J connectivity index is 1.75. The van der Waals surface area contributed by atoms with E-state index in [1.54, 1.807) is 0 Å². The smallest absolute Gasteiger partial charge is 0.251 e. The number of hydrogen-bond acceptors (Lipinski definition) is 4. The molecule has 2 fully saturated rings. The summed E-state index contributed by atoms with van der Waals surface area (Å²) >= 11 is 0. The lowest BCUT2D eigenvalue weighted by Gasteiger charge is -2.27. The van der Waals surface area contributed by atoms with Crippen molar-refractivity contribution in [1.29, 1.82) is 0 Å². The lowest BCUT2D eigenvalue weighted by Crippen LogP contribution is -2.44. The average Bonchev–Trinajstić information content (AvgIpc) is 2.73. The fraction of sp³-hybridized carbons (Fsp3) is 0.929. The highest BCUT2D eigenvalue weighted by molar-refractivity contribution is 5.80. The summed E-state index contributed by atoms with van der Waals surface area (Å²) in [5.41, 5.74) is 0. The minimum atomic E-state index is -0.364. The van der Waals surface area contributed by atoms with Gasteiger partial charge in [-0.05, 0) is 33.1 Å². The predicted molar refractivity (Wildman–Crippen MR) is 73.0 cm³/mol. The van der Waals surface area contributed by atoms with Gasteiger partial charge in [0.25, 0.3) is 5.91 Å². The summed E-state index contributed by atoms with van der Waals surface area (Å²) in [7, 11) is 0. The zero-order valence-electron chi connectivity index (χ0n) is 12.1. The molecular formula is C14H26N2O3. The maximum atomic E-state index is 12.3. The van der Waals surface area contributed by atoms with E-state index in [4.69, 9.17) is 9.47 Å². The number of nitrogens with zero attached hydrogens (tertiary/aromatic N) is 1. The van der Waals surface area contributed by atoms with E-state index in [1.807, 2.05) is 18.7 Å². The number of rotatable bonds is 6. The summed E-state index contributed by atoms with van der Waals surface area (Å²) in [5, 5.41) is 3.58. The largest absolute Gasteiger partial charge is 0.379 e. The molecule has 0 saturated carbocycles. The van der Waals surface area contributed by atoms with Gasteiger partial charge < -0.3 is 19.7 Å². The van der Waals surface area contributed by atoms with Crippen LogP contribution in [0.5, 0.6) is 0 Å². The minimum absolute atomic E-state index is 0.117. The van der Waals surface area contributed by atoms with E-state index >= 15 is 0 Å². The number of hydrogen-bond donors (Lipinski definition) is 1. The normalized spacial score (nSPS) is 28.2. The van der Waals surface area contributed by atoms with Crippen LogP contribution in [0.3, 0.4) is 0 Å². The van der Waals surface area contributed by atoms with Crippen LogP contribution < -0.4 is 5.32 Å². The average molecular weight is 270 g/mol. The third-order valence-corrected chi connectivity index (χ3v) is 3.98. The molecule has 1 N–H and O–H groups in total. The zero-order chi connectivity index (χ0) is 13.7. The number of ether oxygens (including phenoxy) is 2. The highest BCUT2D eigenvalue weighted by Crippen LogP contribution is 2.20. The quantitative estimate of drug-likeness (QED) is 0.725. The van der Waals surface area contributed by atoms with Crippen molar-refractivity contribution in [2.75, 3.05) is 32.9 Å². The molecular weight excluding hydrogens is 244 g/mol. The van der Waals surface area contributed by atoms with Gasteiger partial charge in [-0.1, -0.05) is 0 Å². The van der Waals surface area contributed by atoms with Crippen molar-refractivity contribution in [2.24, 2.45) is 0 Å². The van der Waals surface area contributed by atoms with Gasteiger partial charge in [0, 0.05) is 31.8 Å². The lowest BCUT2D eigenvalue weighted by atomic mass is 10.1. The second-order valence-electron chi connectivity index (χ2n) is 5.42. The van der Waals surface area contributed by atoms with Crippen molar-refractivity contribution >= 4 is 5.91 Å². The van der Waals surface area contributed by atoms with E-state index in [0.717, 1.165) is 19.5 Å². The van der Waals surface area contributed by atoms with E-state index in [2.05, 4.69) is 5.32 Å². The summed E-state index contributed by atoms with van der Waals surface area (Å²) in [5.74, 6) is 0.117. The van der Waals surface area contributed by atoms with Crippen LogP contribution in [0, 0.1) is 0 Å². The van der Waals surface area contributed by atoms with Gasteiger partial charge in [-0.25, -0.2) is 0 Å². The Bertz CT molecular complexity index is 298. The third-order valence-electron chi connectivity index (χ3n) is 3.98. The van der Waals surface area contributed by atoms with Gasteiger partial charge in [-0.15, -0.1) is 0 Å². The van der Waals surface area contributed by atoms with Crippen molar-refractivity contribution in [1.82, 2.24) is 10.2 Å². The first kappa shape index (κ1) is 14.8. The number of nitrogens with one attached hydrogen (secondary N) is 1. The first-order chi connectivity index (χ1) is 9.20. The summed E-state index contributed by atoms with van der Waals surface area (Å²) in [6.45, 7) is 7.20. The molecule has 0 aliphatic carbocycles. The van der Waals surface area contributed by atoms with Gasteiger partial charge >= 0.3 is 0 Å². The Labute approximate surface area is 115 Å². The Kier molecular flexibility index (Phi) is 5.60. The molecule has 110 valence electrons. The minimum Gasteiger partial charge on any atom is -0.379 e. The fourth-order valence-electron chi connectivity index (χ4n) is 2.90. The molecule has 0 aromatic heterocycles. The van der Waals surface area contributed by atoms with E-state index < -0.39 is 0 Å². The molecule has 0 spiro atoms. The van der Waals surface area contributed by atoms with Crippen LogP contribution >= 0.6 is 0 Å². The molecule has 3 unspecified atom stereocenters. The zero-order valence-corrected chi connectivity index (χ0v) is 12.1. The van der Waals surface area contributed by atoms with Crippen LogP contribution in [-0.4, -0.2) is 61.9 Å². The van der Waals surface area contributed by atoms with Crippen molar-refractivity contribution in [3.8, 4) is 0 Å². The number of carbonyl (C=O) groups is 1. The number of carbonyl (C=O) groups excluding carboxylic acids is 1. The monoisotopic (exact) mass is 270 g/mol. The third kappa shape index (κ3) is 4.16. The molecule has 2 bridgehead atoms. The molecule has 2 heterocycles. The summed E-state index contributed by atoms with van der Waals surface area (Å²) < 4.78 is 10.8. The standard InChI is InChI=1S/C14H26N2O3/c1-3-18-8-9-19-11(2)14(17)16-7-6-12-4-5-13(10-16)15-12/h11-13,15H,3-10H2,1-2H3. The summed E-state index contributed by atoms with van der Waals surface area (Å²) in [4.78, 5) is 14.3. The van der Waals surface area contributed by atoms with Gasteiger partial charge in [-0.2, -0.15) is 0 Å². The van der Waals surface area contributed by atoms with Crippen LogP contribution in [-0.2, 0) is 14.3 Å². The van der Waals surface area contributed by atoms with Crippen LogP contribution in [0.1, 0.15) is 33.1 Å². The van der Waals surface area contributed by atoms with Gasteiger partial charge in [0.15, 0.2) is 0 Å². The van der Waals surface area contributed by atoms with Crippen molar-refractivity contribution in [3.05, 3.63) is 0 Å². The molecule has 2 rings (SSSR count). The van der Waals surface area contributed by atoms with Crippen molar-refractivity contribution in [3.63, 3.8) is 0 Å². The first-order valence-corrected chi connectivity index (χ1v) is 7.45. The van der Waals surface area contributed by atoms with E-state index in [9.17, 15) is 4.79 Å². The number of likely N-dealkylation sites (tertiary alicyclic amines) is 1. The van der Waals surface area contributed by atoms with Crippen LogP contribution in [0.2, 0.25) is 0 Å². The SMILES string of the molecule is CCOCCOC(C)C(=O)N1CCC2CCC(C1)N2. The maximum Gasteiger partial charge on any atom is 0.251 e. The van der Waals surface area contributed by atoms with Crippen molar-refractivity contribution in [2.45, 2.75) is 51.3 Å². The molecule has 2 saturated heterocycles. The van der Waals surface area contributed by atoms with Gasteiger partial charge in [-0.3, -0.25) is 4.79 Å². The Morgan fingerprint density at radius 3 is 2.89 bits per heavy atom. The molecule has 1 amide bonds. The molecule has 5 heteroatoms.